The van der Waals surface area contributed by atoms with Gasteiger partial charge < -0.3 is 4.90 Å². The zero-order valence-corrected chi connectivity index (χ0v) is 13.2. The van der Waals surface area contributed by atoms with Gasteiger partial charge in [-0.1, -0.05) is 34.1 Å². The molecule has 21 heavy (non-hydrogen) atoms. The summed E-state index contributed by atoms with van der Waals surface area (Å²) in [5.74, 6) is 0.0364. The molecule has 1 heterocycles. The van der Waals surface area contributed by atoms with Crippen molar-refractivity contribution in [2.45, 2.75) is 13.3 Å². The van der Waals surface area contributed by atoms with Crippen molar-refractivity contribution in [2.75, 3.05) is 11.4 Å². The summed E-state index contributed by atoms with van der Waals surface area (Å²) in [5.41, 5.74) is 2.91. The number of carbonyl (C=O) groups excluding carboxylic acids is 2. The van der Waals surface area contributed by atoms with E-state index in [1.807, 2.05) is 43.3 Å². The van der Waals surface area contributed by atoms with Crippen molar-refractivity contribution in [2.24, 2.45) is 0 Å². The van der Waals surface area contributed by atoms with Crippen molar-refractivity contribution in [1.29, 1.82) is 0 Å². The van der Waals surface area contributed by atoms with E-state index in [4.69, 9.17) is 0 Å². The summed E-state index contributed by atoms with van der Waals surface area (Å²) < 4.78 is 0.912. The number of anilines is 1. The molecule has 0 saturated carbocycles. The Labute approximate surface area is 131 Å². The molecule has 3 rings (SSSR count). The van der Waals surface area contributed by atoms with Crippen LogP contribution < -0.4 is 4.90 Å². The number of fused-ring (bicyclic) bond motifs is 1. The number of nitrogens with zero attached hydrogens (tertiary/aromatic N) is 1. The second-order valence-corrected chi connectivity index (χ2v) is 5.91. The first-order valence-electron chi connectivity index (χ1n) is 6.79. The molecule has 3 nitrogen and oxygen atoms in total. The minimum atomic E-state index is -0.0613. The van der Waals surface area contributed by atoms with Crippen LogP contribution in [0.3, 0.4) is 0 Å². The zero-order valence-electron chi connectivity index (χ0n) is 11.6. The van der Waals surface area contributed by atoms with Gasteiger partial charge in [0.05, 0.1) is 5.69 Å². The van der Waals surface area contributed by atoms with Gasteiger partial charge in [-0.3, -0.25) is 9.59 Å². The van der Waals surface area contributed by atoms with Gasteiger partial charge in [0.15, 0.2) is 5.78 Å². The lowest BCUT2D eigenvalue weighted by atomic mass is 9.99. The third-order valence-corrected chi connectivity index (χ3v) is 4.66. The molecule has 106 valence electrons. The van der Waals surface area contributed by atoms with Crippen LogP contribution in [-0.2, 0) is 0 Å². The van der Waals surface area contributed by atoms with Gasteiger partial charge in [-0.2, -0.15) is 0 Å². The van der Waals surface area contributed by atoms with Gasteiger partial charge in [0, 0.05) is 28.6 Å². The van der Waals surface area contributed by atoms with E-state index in [-0.39, 0.29) is 11.7 Å². The molecule has 0 spiro atoms. The molecule has 2 aromatic rings. The first kappa shape index (κ1) is 14.0. The molecule has 0 unspecified atom stereocenters. The van der Waals surface area contributed by atoms with Crippen LogP contribution in [0.2, 0.25) is 0 Å². The SMILES string of the molecule is Cc1c(Br)cccc1C(=O)N1CCC(=O)c2ccccc21. The molecule has 4 heteroatoms. The van der Waals surface area contributed by atoms with E-state index >= 15 is 0 Å². The number of amides is 1. The largest absolute Gasteiger partial charge is 0.307 e. The molecule has 0 saturated heterocycles. The van der Waals surface area contributed by atoms with Gasteiger partial charge in [-0.05, 0) is 36.8 Å². The molecular weight excluding hydrogens is 330 g/mol. The van der Waals surface area contributed by atoms with Gasteiger partial charge in [0.2, 0.25) is 0 Å². The number of hydrogen-bond donors (Lipinski definition) is 0. The van der Waals surface area contributed by atoms with Crippen LogP contribution in [0.5, 0.6) is 0 Å². The highest BCUT2D eigenvalue weighted by Gasteiger charge is 2.28. The molecule has 0 aromatic heterocycles. The average molecular weight is 344 g/mol. The molecule has 1 amide bonds. The monoisotopic (exact) mass is 343 g/mol. The second-order valence-electron chi connectivity index (χ2n) is 5.06. The minimum absolute atomic E-state index is 0.0613. The first-order chi connectivity index (χ1) is 10.1. The standard InChI is InChI=1S/C17H14BrNO2/c1-11-12(6-4-7-14(11)18)17(21)19-10-9-16(20)13-5-2-3-8-15(13)19/h2-8H,9-10H2,1H3. The normalized spacial score (nSPS) is 14.0. The molecule has 0 radical (unpaired) electrons. The smallest absolute Gasteiger partial charge is 0.258 e. The lowest BCUT2D eigenvalue weighted by Crippen LogP contribution is -2.37. The maximum Gasteiger partial charge on any atom is 0.258 e. The molecule has 1 aliphatic rings. The number of hydrogen-bond acceptors (Lipinski definition) is 2. The van der Waals surface area contributed by atoms with Gasteiger partial charge in [0.25, 0.3) is 5.91 Å². The highest BCUT2D eigenvalue weighted by Crippen LogP contribution is 2.29. The van der Waals surface area contributed by atoms with Crippen LogP contribution in [0.15, 0.2) is 46.9 Å². The highest BCUT2D eigenvalue weighted by atomic mass is 79.9. The number of ketones is 1. The van der Waals surface area contributed by atoms with Crippen molar-refractivity contribution in [3.8, 4) is 0 Å². The lowest BCUT2D eigenvalue weighted by Gasteiger charge is -2.29. The van der Waals surface area contributed by atoms with E-state index < -0.39 is 0 Å². The molecular formula is C17H14BrNO2. The minimum Gasteiger partial charge on any atom is -0.307 e. The van der Waals surface area contributed by atoms with E-state index in [1.165, 1.54) is 0 Å². The fourth-order valence-corrected chi connectivity index (χ4v) is 2.97. The Kier molecular flexibility index (Phi) is 3.64. The number of Topliss-reactive ketones (excluding diaryl/α,β-unsaturated/α-hetero) is 1. The number of benzene rings is 2. The van der Waals surface area contributed by atoms with Crippen LogP contribution in [0.25, 0.3) is 0 Å². The Hall–Kier alpha value is -1.94. The Morgan fingerprint density at radius 1 is 1.14 bits per heavy atom. The summed E-state index contributed by atoms with van der Waals surface area (Å²) in [4.78, 5) is 26.5. The summed E-state index contributed by atoms with van der Waals surface area (Å²) in [5, 5.41) is 0. The predicted molar refractivity (Wildman–Crippen MR) is 85.9 cm³/mol. The second kappa shape index (κ2) is 5.45. The first-order valence-corrected chi connectivity index (χ1v) is 7.58. The predicted octanol–water partition coefficient (Wildman–Crippen LogP) is 3.99. The number of para-hydroxylation sites is 1. The third-order valence-electron chi connectivity index (χ3n) is 3.80. The topological polar surface area (TPSA) is 37.4 Å². The Morgan fingerprint density at radius 3 is 2.71 bits per heavy atom. The van der Waals surface area contributed by atoms with Crippen LogP contribution in [0, 0.1) is 6.92 Å². The van der Waals surface area contributed by atoms with Crippen LogP contribution >= 0.6 is 15.9 Å². The molecule has 0 aliphatic carbocycles. The maximum absolute atomic E-state index is 12.8. The number of halogens is 1. The summed E-state index contributed by atoms with van der Waals surface area (Å²) in [6.45, 7) is 2.35. The summed E-state index contributed by atoms with van der Waals surface area (Å²) in [7, 11) is 0. The van der Waals surface area contributed by atoms with Crippen molar-refractivity contribution in [3.63, 3.8) is 0 Å². The highest BCUT2D eigenvalue weighted by molar-refractivity contribution is 9.10. The lowest BCUT2D eigenvalue weighted by molar-refractivity contribution is 0.0955. The molecule has 0 bridgehead atoms. The maximum atomic E-state index is 12.8. The van der Waals surface area contributed by atoms with E-state index in [2.05, 4.69) is 15.9 Å². The van der Waals surface area contributed by atoms with Crippen LogP contribution in [-0.4, -0.2) is 18.2 Å². The fourth-order valence-electron chi connectivity index (χ4n) is 2.61. The van der Waals surface area contributed by atoms with E-state index in [0.29, 0.717) is 29.8 Å². The van der Waals surface area contributed by atoms with Crippen molar-refractivity contribution in [3.05, 3.63) is 63.6 Å². The molecule has 0 fully saturated rings. The zero-order chi connectivity index (χ0) is 15.0. The summed E-state index contributed by atoms with van der Waals surface area (Å²) in [6, 6.07) is 12.9. The quantitative estimate of drug-likeness (QED) is 0.784. The van der Waals surface area contributed by atoms with E-state index in [1.54, 1.807) is 11.0 Å². The van der Waals surface area contributed by atoms with Gasteiger partial charge in [-0.15, -0.1) is 0 Å². The van der Waals surface area contributed by atoms with Crippen LogP contribution in [0.4, 0.5) is 5.69 Å². The van der Waals surface area contributed by atoms with Gasteiger partial charge in [-0.25, -0.2) is 0 Å². The molecule has 0 N–H and O–H groups in total. The van der Waals surface area contributed by atoms with Crippen molar-refractivity contribution in [1.82, 2.24) is 0 Å². The summed E-state index contributed by atoms with van der Waals surface area (Å²) in [6.07, 6.45) is 0.371. The molecule has 1 aliphatic heterocycles. The van der Waals surface area contributed by atoms with E-state index in [9.17, 15) is 9.59 Å². The van der Waals surface area contributed by atoms with Crippen LogP contribution in [0.1, 0.15) is 32.7 Å². The Morgan fingerprint density at radius 2 is 1.90 bits per heavy atom. The number of rotatable bonds is 1. The fraction of sp³-hybridized carbons (Fsp3) is 0.176. The average Bonchev–Trinajstić information content (AvgIpc) is 2.50. The van der Waals surface area contributed by atoms with Crippen molar-refractivity contribution >= 4 is 33.3 Å². The Bertz CT molecular complexity index is 739. The molecule has 2 aromatic carbocycles. The van der Waals surface area contributed by atoms with E-state index in [0.717, 1.165) is 10.0 Å². The van der Waals surface area contributed by atoms with Crippen molar-refractivity contribution < 1.29 is 9.59 Å². The summed E-state index contributed by atoms with van der Waals surface area (Å²) >= 11 is 3.45. The van der Waals surface area contributed by atoms with Gasteiger partial charge >= 0.3 is 0 Å². The molecule has 0 atom stereocenters. The van der Waals surface area contributed by atoms with Gasteiger partial charge in [0.1, 0.15) is 0 Å². The third kappa shape index (κ3) is 2.40. The Balaban J connectivity index is 2.05. The number of carbonyl (C=O) groups is 2.